The molecule has 1 aliphatic rings. The average Bonchev–Trinajstić information content (AvgIpc) is 3.31. The van der Waals surface area contributed by atoms with Gasteiger partial charge in [-0.15, -0.1) is 10.2 Å². The first-order valence-electron chi connectivity index (χ1n) is 11.8. The van der Waals surface area contributed by atoms with Crippen molar-refractivity contribution >= 4 is 40.6 Å². The Balaban J connectivity index is 1.36. The van der Waals surface area contributed by atoms with Crippen LogP contribution < -0.4 is 19.7 Å². The third-order valence-corrected chi connectivity index (χ3v) is 6.98. The number of carbonyl (C=O) groups excluding carboxylic acids is 1. The van der Waals surface area contributed by atoms with Gasteiger partial charge >= 0.3 is 0 Å². The molecule has 0 radical (unpaired) electrons. The molecule has 36 heavy (non-hydrogen) atoms. The van der Waals surface area contributed by atoms with E-state index in [2.05, 4.69) is 20.4 Å². The summed E-state index contributed by atoms with van der Waals surface area (Å²) in [5.41, 5.74) is 1.60. The number of hydrogen-bond acceptors (Lipinski definition) is 8. The molecule has 0 aliphatic carbocycles. The number of benzene rings is 2. The Kier molecular flexibility index (Phi) is 8.95. The van der Waals surface area contributed by atoms with Crippen LogP contribution in [-0.4, -0.2) is 59.8 Å². The van der Waals surface area contributed by atoms with Crippen molar-refractivity contribution < 1.29 is 19.0 Å². The second kappa shape index (κ2) is 12.3. The summed E-state index contributed by atoms with van der Waals surface area (Å²) < 4.78 is 18.8. The van der Waals surface area contributed by atoms with Crippen molar-refractivity contribution in [1.29, 1.82) is 0 Å². The van der Waals surface area contributed by atoms with Gasteiger partial charge in [-0.05, 0) is 44.2 Å². The Morgan fingerprint density at radius 1 is 1.19 bits per heavy atom. The van der Waals surface area contributed by atoms with Crippen LogP contribution in [0.15, 0.2) is 47.6 Å². The number of aromatic nitrogens is 3. The fourth-order valence-corrected chi connectivity index (χ4v) is 5.05. The minimum absolute atomic E-state index is 0.152. The van der Waals surface area contributed by atoms with Crippen LogP contribution in [0.3, 0.4) is 0 Å². The molecule has 1 aromatic heterocycles. The van der Waals surface area contributed by atoms with E-state index in [1.54, 1.807) is 13.2 Å². The highest BCUT2D eigenvalue weighted by Crippen LogP contribution is 2.32. The highest BCUT2D eigenvalue weighted by Gasteiger charge is 2.21. The highest BCUT2D eigenvalue weighted by atomic mass is 35.5. The molecule has 2 aromatic carbocycles. The molecule has 3 aromatic rings. The number of halogens is 1. The summed E-state index contributed by atoms with van der Waals surface area (Å²) in [7, 11) is 1.60. The zero-order chi connectivity index (χ0) is 25.5. The maximum atomic E-state index is 12.6. The first-order chi connectivity index (χ1) is 17.5. The molecule has 1 saturated heterocycles. The summed E-state index contributed by atoms with van der Waals surface area (Å²) in [6.07, 6.45) is -0.357. The number of methoxy groups -OCH3 is 1. The highest BCUT2D eigenvalue weighted by molar-refractivity contribution is 7.99. The number of thioether (sulfide) groups is 1. The molecule has 0 spiro atoms. The van der Waals surface area contributed by atoms with Gasteiger partial charge in [-0.25, -0.2) is 0 Å². The molecule has 1 aliphatic heterocycles. The lowest BCUT2D eigenvalue weighted by Crippen LogP contribution is -2.36. The SMILES string of the molecule is CCn1c(SCC(=O)Nc2ccc(N3CCOCC3)c(Cl)c2)nnc1C(C)Oc1ccccc1OC. The van der Waals surface area contributed by atoms with Crippen molar-refractivity contribution in [2.75, 3.05) is 49.4 Å². The quantitative estimate of drug-likeness (QED) is 0.377. The predicted molar refractivity (Wildman–Crippen MR) is 142 cm³/mol. The fourth-order valence-electron chi connectivity index (χ4n) is 3.94. The summed E-state index contributed by atoms with van der Waals surface area (Å²) in [6, 6.07) is 13.0. The third-order valence-electron chi connectivity index (χ3n) is 5.71. The molecule has 1 N–H and O–H groups in total. The number of nitrogens with one attached hydrogen (secondary N) is 1. The van der Waals surface area contributed by atoms with Crippen molar-refractivity contribution in [1.82, 2.24) is 14.8 Å². The minimum Gasteiger partial charge on any atom is -0.493 e. The molecule has 0 bridgehead atoms. The lowest BCUT2D eigenvalue weighted by molar-refractivity contribution is -0.113. The average molecular weight is 532 g/mol. The summed E-state index contributed by atoms with van der Waals surface area (Å²) in [4.78, 5) is 14.8. The van der Waals surface area contributed by atoms with Crippen LogP contribution in [0, 0.1) is 0 Å². The van der Waals surface area contributed by atoms with Crippen molar-refractivity contribution in [3.8, 4) is 11.5 Å². The van der Waals surface area contributed by atoms with E-state index < -0.39 is 0 Å². The zero-order valence-corrected chi connectivity index (χ0v) is 22.1. The van der Waals surface area contributed by atoms with Gasteiger partial charge in [0.15, 0.2) is 28.6 Å². The number of rotatable bonds is 10. The number of ether oxygens (including phenoxy) is 3. The lowest BCUT2D eigenvalue weighted by Gasteiger charge is -2.29. The monoisotopic (exact) mass is 531 g/mol. The number of carbonyl (C=O) groups is 1. The number of nitrogens with zero attached hydrogens (tertiary/aromatic N) is 4. The van der Waals surface area contributed by atoms with Gasteiger partial charge in [0, 0.05) is 25.3 Å². The van der Waals surface area contributed by atoms with Crippen LogP contribution in [0.4, 0.5) is 11.4 Å². The van der Waals surface area contributed by atoms with Gasteiger partial charge in [0.2, 0.25) is 5.91 Å². The second-order valence-electron chi connectivity index (χ2n) is 8.10. The number of para-hydroxylation sites is 2. The second-order valence-corrected chi connectivity index (χ2v) is 9.45. The third kappa shape index (κ3) is 6.24. The van der Waals surface area contributed by atoms with Gasteiger partial charge in [0.25, 0.3) is 0 Å². The van der Waals surface area contributed by atoms with E-state index in [0.29, 0.717) is 52.9 Å². The minimum atomic E-state index is -0.357. The van der Waals surface area contributed by atoms with E-state index in [-0.39, 0.29) is 17.8 Å². The standard InChI is InChI=1S/C25H30ClN5O4S/c1-4-31-24(17(2)35-22-8-6-5-7-21(22)33-3)28-29-25(31)36-16-23(32)27-18-9-10-20(19(26)15-18)30-11-13-34-14-12-30/h5-10,15,17H,4,11-14,16H2,1-3H3,(H,27,32). The summed E-state index contributed by atoms with van der Waals surface area (Å²) >= 11 is 7.81. The molecule has 192 valence electrons. The molecule has 4 rings (SSSR count). The largest absolute Gasteiger partial charge is 0.493 e. The van der Waals surface area contributed by atoms with Gasteiger partial charge in [0.1, 0.15) is 0 Å². The van der Waals surface area contributed by atoms with Gasteiger partial charge in [-0.1, -0.05) is 35.5 Å². The van der Waals surface area contributed by atoms with Gasteiger partial charge in [0.05, 0.1) is 36.8 Å². The van der Waals surface area contributed by atoms with E-state index in [0.717, 1.165) is 18.8 Å². The van der Waals surface area contributed by atoms with E-state index in [9.17, 15) is 4.79 Å². The molecule has 9 nitrogen and oxygen atoms in total. The van der Waals surface area contributed by atoms with Crippen LogP contribution in [0.25, 0.3) is 0 Å². The van der Waals surface area contributed by atoms with Gasteiger partial charge in [-0.3, -0.25) is 4.79 Å². The molecule has 11 heteroatoms. The van der Waals surface area contributed by atoms with Crippen LogP contribution in [-0.2, 0) is 16.1 Å². The number of morpholine rings is 1. The summed E-state index contributed by atoms with van der Waals surface area (Å²) in [5, 5.41) is 12.8. The Hall–Kier alpha value is -2.95. The van der Waals surface area contributed by atoms with Crippen LogP contribution in [0.2, 0.25) is 5.02 Å². The summed E-state index contributed by atoms with van der Waals surface area (Å²) in [6.45, 7) is 7.52. The molecule has 1 fully saturated rings. The summed E-state index contributed by atoms with van der Waals surface area (Å²) in [5.74, 6) is 1.99. The normalized spacial score (nSPS) is 14.4. The molecule has 1 unspecified atom stereocenters. The van der Waals surface area contributed by atoms with E-state index in [1.807, 2.05) is 54.8 Å². The maximum absolute atomic E-state index is 12.6. The first-order valence-corrected chi connectivity index (χ1v) is 13.1. The van der Waals surface area contributed by atoms with Crippen LogP contribution in [0.5, 0.6) is 11.5 Å². The van der Waals surface area contributed by atoms with Crippen molar-refractivity contribution in [2.45, 2.75) is 31.7 Å². The van der Waals surface area contributed by atoms with Crippen molar-refractivity contribution in [3.05, 3.63) is 53.3 Å². The Morgan fingerprint density at radius 2 is 1.94 bits per heavy atom. The molecule has 2 heterocycles. The zero-order valence-electron chi connectivity index (χ0n) is 20.6. The molecule has 1 atom stereocenters. The Morgan fingerprint density at radius 3 is 2.64 bits per heavy atom. The van der Waals surface area contributed by atoms with E-state index in [1.165, 1.54) is 11.8 Å². The molecular formula is C25H30ClN5O4S. The maximum Gasteiger partial charge on any atom is 0.234 e. The van der Waals surface area contributed by atoms with Gasteiger partial charge < -0.3 is 29.0 Å². The fraction of sp³-hybridized carbons (Fsp3) is 0.400. The molecule has 0 saturated carbocycles. The molecular weight excluding hydrogens is 502 g/mol. The van der Waals surface area contributed by atoms with E-state index >= 15 is 0 Å². The lowest BCUT2D eigenvalue weighted by atomic mass is 10.2. The predicted octanol–water partition coefficient (Wildman–Crippen LogP) is 4.67. The van der Waals surface area contributed by atoms with Crippen LogP contribution >= 0.6 is 23.4 Å². The Labute approximate surface area is 220 Å². The molecule has 1 amide bonds. The van der Waals surface area contributed by atoms with Crippen LogP contribution in [0.1, 0.15) is 25.8 Å². The van der Waals surface area contributed by atoms with Gasteiger partial charge in [-0.2, -0.15) is 0 Å². The van der Waals surface area contributed by atoms with Crippen molar-refractivity contribution in [3.63, 3.8) is 0 Å². The smallest absolute Gasteiger partial charge is 0.234 e. The topological polar surface area (TPSA) is 90.7 Å². The number of amides is 1. The number of anilines is 2. The first kappa shape index (κ1) is 26.1. The number of hydrogen-bond donors (Lipinski definition) is 1. The van der Waals surface area contributed by atoms with Crippen molar-refractivity contribution in [2.24, 2.45) is 0 Å². The Bertz CT molecular complexity index is 1190. The van der Waals surface area contributed by atoms with E-state index in [4.69, 9.17) is 25.8 Å².